The molecule has 2 rings (SSSR count). The van der Waals surface area contributed by atoms with Gasteiger partial charge in [0.2, 0.25) is 0 Å². The lowest BCUT2D eigenvalue weighted by molar-refractivity contribution is -0.183. The van der Waals surface area contributed by atoms with Gasteiger partial charge < -0.3 is 9.84 Å². The van der Waals surface area contributed by atoms with Crippen molar-refractivity contribution in [3.8, 4) is 0 Å². The van der Waals surface area contributed by atoms with Crippen LogP contribution in [0.2, 0.25) is 0 Å². The summed E-state index contributed by atoms with van der Waals surface area (Å²) >= 11 is 3.31. The topological polar surface area (TPSA) is 59.4 Å². The van der Waals surface area contributed by atoms with Gasteiger partial charge in [0.05, 0.1) is 11.1 Å². The molecule has 1 saturated carbocycles. The smallest absolute Gasteiger partial charge is 0.311 e. The van der Waals surface area contributed by atoms with Gasteiger partial charge >= 0.3 is 5.97 Å². The van der Waals surface area contributed by atoms with Crippen LogP contribution in [0.25, 0.3) is 0 Å². The van der Waals surface area contributed by atoms with Crippen LogP contribution < -0.4 is 0 Å². The fourth-order valence-corrected chi connectivity index (χ4v) is 2.20. The Morgan fingerprint density at radius 1 is 1.47 bits per heavy atom. The molecule has 0 saturated heterocycles. The van der Waals surface area contributed by atoms with Gasteiger partial charge in [0.1, 0.15) is 11.7 Å². The van der Waals surface area contributed by atoms with Gasteiger partial charge in [0.15, 0.2) is 0 Å². The fraction of sp³-hybridized carbons (Fsp3) is 0.571. The molecule has 19 heavy (non-hydrogen) atoms. The number of rotatable bonds is 2. The van der Waals surface area contributed by atoms with Crippen LogP contribution in [0, 0.1) is 5.41 Å². The Morgan fingerprint density at radius 3 is 2.58 bits per heavy atom. The van der Waals surface area contributed by atoms with Crippen LogP contribution in [-0.4, -0.2) is 22.2 Å². The van der Waals surface area contributed by atoms with E-state index >= 15 is 0 Å². The van der Waals surface area contributed by atoms with E-state index in [0.29, 0.717) is 18.5 Å². The standard InChI is InChI=1S/C14H18BrNO3/c1-13(2,3)12(17)19-10-6-14(18,7-10)11-5-4-9(15)8-16-11/h4-5,8,10,18H,6-7H2,1-3H3. The van der Waals surface area contributed by atoms with Gasteiger partial charge in [0, 0.05) is 23.5 Å². The third-order valence-corrected chi connectivity index (χ3v) is 3.69. The molecule has 5 heteroatoms. The molecule has 0 atom stereocenters. The number of aromatic nitrogens is 1. The average molecular weight is 328 g/mol. The van der Waals surface area contributed by atoms with E-state index in [4.69, 9.17) is 4.74 Å². The van der Waals surface area contributed by atoms with Crippen molar-refractivity contribution in [3.05, 3.63) is 28.5 Å². The molecule has 1 heterocycles. The van der Waals surface area contributed by atoms with Gasteiger partial charge in [-0.3, -0.25) is 9.78 Å². The first-order valence-corrected chi connectivity index (χ1v) is 7.05. The number of hydrogen-bond acceptors (Lipinski definition) is 4. The van der Waals surface area contributed by atoms with E-state index in [1.165, 1.54) is 0 Å². The Morgan fingerprint density at radius 2 is 2.11 bits per heavy atom. The van der Waals surface area contributed by atoms with Crippen LogP contribution in [0.1, 0.15) is 39.3 Å². The summed E-state index contributed by atoms with van der Waals surface area (Å²) in [5, 5.41) is 10.4. The third kappa shape index (κ3) is 3.15. The lowest BCUT2D eigenvalue weighted by Crippen LogP contribution is -2.48. The summed E-state index contributed by atoms with van der Waals surface area (Å²) in [5.41, 5.74) is -0.855. The molecule has 1 aliphatic carbocycles. The monoisotopic (exact) mass is 327 g/mol. The molecule has 0 radical (unpaired) electrons. The first kappa shape index (κ1) is 14.5. The largest absolute Gasteiger partial charge is 0.462 e. The van der Waals surface area contributed by atoms with Crippen LogP contribution in [0.3, 0.4) is 0 Å². The SMILES string of the molecule is CC(C)(C)C(=O)OC1CC(O)(c2ccc(Br)cn2)C1. The summed E-state index contributed by atoms with van der Waals surface area (Å²) in [4.78, 5) is 15.9. The second-order valence-electron chi connectivity index (χ2n) is 6.08. The highest BCUT2D eigenvalue weighted by Gasteiger charge is 2.48. The summed E-state index contributed by atoms with van der Waals surface area (Å²) in [6.07, 6.45) is 2.25. The number of hydrogen-bond donors (Lipinski definition) is 1. The normalized spacial score (nSPS) is 26.7. The zero-order valence-corrected chi connectivity index (χ0v) is 12.9. The lowest BCUT2D eigenvalue weighted by Gasteiger charge is -2.42. The highest BCUT2D eigenvalue weighted by atomic mass is 79.9. The van der Waals surface area contributed by atoms with Crippen molar-refractivity contribution in [1.82, 2.24) is 4.98 Å². The van der Waals surface area contributed by atoms with Crippen molar-refractivity contribution in [2.45, 2.75) is 45.3 Å². The van der Waals surface area contributed by atoms with E-state index in [1.807, 2.05) is 26.8 Å². The molecule has 1 aliphatic rings. The first-order chi connectivity index (χ1) is 8.71. The quantitative estimate of drug-likeness (QED) is 0.848. The third-order valence-electron chi connectivity index (χ3n) is 3.22. The summed E-state index contributed by atoms with van der Waals surface area (Å²) < 4.78 is 6.23. The van der Waals surface area contributed by atoms with Crippen LogP contribution in [0.4, 0.5) is 0 Å². The molecule has 0 unspecified atom stereocenters. The predicted octanol–water partition coefficient (Wildman–Crippen LogP) is 2.78. The second-order valence-corrected chi connectivity index (χ2v) is 6.99. The summed E-state index contributed by atoms with van der Waals surface area (Å²) in [5.74, 6) is -0.233. The molecule has 0 amide bonds. The number of carbonyl (C=O) groups is 1. The molecule has 4 nitrogen and oxygen atoms in total. The van der Waals surface area contributed by atoms with Crippen LogP contribution >= 0.6 is 15.9 Å². The van der Waals surface area contributed by atoms with Crippen LogP contribution in [0.5, 0.6) is 0 Å². The summed E-state index contributed by atoms with van der Waals surface area (Å²) in [6.45, 7) is 5.45. The number of esters is 1. The number of aliphatic hydroxyl groups is 1. The van der Waals surface area contributed by atoms with Gasteiger partial charge in [0.25, 0.3) is 0 Å². The molecule has 104 valence electrons. The maximum atomic E-state index is 11.7. The maximum Gasteiger partial charge on any atom is 0.311 e. The van der Waals surface area contributed by atoms with Crippen molar-refractivity contribution >= 4 is 21.9 Å². The highest BCUT2D eigenvalue weighted by molar-refractivity contribution is 9.10. The molecule has 1 fully saturated rings. The van der Waals surface area contributed by atoms with E-state index in [9.17, 15) is 9.90 Å². The van der Waals surface area contributed by atoms with Crippen LogP contribution in [-0.2, 0) is 15.1 Å². The van der Waals surface area contributed by atoms with E-state index in [-0.39, 0.29) is 12.1 Å². The zero-order chi connectivity index (χ0) is 14.3. The Hall–Kier alpha value is -0.940. The average Bonchev–Trinajstić information content (AvgIpc) is 2.26. The van der Waals surface area contributed by atoms with E-state index in [0.717, 1.165) is 4.47 Å². The Balaban J connectivity index is 1.95. The van der Waals surface area contributed by atoms with Gasteiger partial charge in [-0.2, -0.15) is 0 Å². The number of carbonyl (C=O) groups excluding carboxylic acids is 1. The van der Waals surface area contributed by atoms with E-state index < -0.39 is 11.0 Å². The fourth-order valence-electron chi connectivity index (χ4n) is 1.97. The summed E-state index contributed by atoms with van der Waals surface area (Å²) in [6, 6.07) is 3.63. The molecule has 0 spiro atoms. The Bertz CT molecular complexity index is 472. The predicted molar refractivity (Wildman–Crippen MR) is 74.4 cm³/mol. The molecular formula is C14H18BrNO3. The molecule has 1 aromatic heterocycles. The molecular weight excluding hydrogens is 310 g/mol. The molecule has 0 aromatic carbocycles. The number of ether oxygens (including phenoxy) is 1. The number of nitrogens with zero attached hydrogens (tertiary/aromatic N) is 1. The number of pyridine rings is 1. The zero-order valence-electron chi connectivity index (χ0n) is 11.3. The minimum atomic E-state index is -0.969. The van der Waals surface area contributed by atoms with Gasteiger partial charge in [-0.1, -0.05) is 0 Å². The van der Waals surface area contributed by atoms with Crippen molar-refractivity contribution in [2.24, 2.45) is 5.41 Å². The maximum absolute atomic E-state index is 11.7. The second kappa shape index (κ2) is 4.87. The minimum absolute atomic E-state index is 0.220. The Kier molecular flexibility index (Phi) is 3.71. The van der Waals surface area contributed by atoms with Gasteiger partial charge in [-0.25, -0.2) is 0 Å². The first-order valence-electron chi connectivity index (χ1n) is 6.26. The molecule has 0 aliphatic heterocycles. The molecule has 1 aromatic rings. The van der Waals surface area contributed by atoms with Gasteiger partial charge in [-0.05, 0) is 48.8 Å². The molecule has 1 N–H and O–H groups in total. The highest BCUT2D eigenvalue weighted by Crippen LogP contribution is 2.42. The molecule has 0 bridgehead atoms. The minimum Gasteiger partial charge on any atom is -0.462 e. The van der Waals surface area contributed by atoms with E-state index in [1.54, 1.807) is 12.3 Å². The summed E-state index contributed by atoms with van der Waals surface area (Å²) in [7, 11) is 0. The van der Waals surface area contributed by atoms with E-state index in [2.05, 4.69) is 20.9 Å². The van der Waals surface area contributed by atoms with Crippen molar-refractivity contribution in [3.63, 3.8) is 0 Å². The van der Waals surface area contributed by atoms with Crippen LogP contribution in [0.15, 0.2) is 22.8 Å². The lowest BCUT2D eigenvalue weighted by atomic mass is 9.75. The van der Waals surface area contributed by atoms with Crippen molar-refractivity contribution < 1.29 is 14.6 Å². The van der Waals surface area contributed by atoms with Gasteiger partial charge in [-0.15, -0.1) is 0 Å². The van der Waals surface area contributed by atoms with Crippen molar-refractivity contribution in [2.75, 3.05) is 0 Å². The Labute approximate surface area is 121 Å². The van der Waals surface area contributed by atoms with Crippen molar-refractivity contribution in [1.29, 1.82) is 0 Å². The number of halogens is 1.